The number of amides is 1. The normalized spacial score (nSPS) is 21.1. The monoisotopic (exact) mass is 397 g/mol. The Labute approximate surface area is 172 Å². The number of hydrogen-bond donors (Lipinski definition) is 0. The highest BCUT2D eigenvalue weighted by Crippen LogP contribution is 2.38. The Morgan fingerprint density at radius 1 is 1.24 bits per heavy atom. The topological polar surface area (TPSA) is 56.6 Å². The highest BCUT2D eigenvalue weighted by Gasteiger charge is 2.35. The number of piperidine rings is 1. The first-order chi connectivity index (χ1) is 13.9. The van der Waals surface area contributed by atoms with Gasteiger partial charge in [-0.25, -0.2) is 0 Å². The first-order valence-electron chi connectivity index (χ1n) is 10.6. The molecule has 0 aliphatic carbocycles. The van der Waals surface area contributed by atoms with Crippen LogP contribution in [0.15, 0.2) is 24.3 Å². The number of carbonyl (C=O) groups excluding carboxylic acids is 1. The second kappa shape index (κ2) is 7.73. The van der Waals surface area contributed by atoms with Crippen molar-refractivity contribution in [3.63, 3.8) is 0 Å². The lowest BCUT2D eigenvalue weighted by atomic mass is 9.77. The van der Waals surface area contributed by atoms with E-state index in [-0.39, 0.29) is 11.3 Å². The van der Waals surface area contributed by atoms with Crippen LogP contribution in [0.4, 0.5) is 0 Å². The zero-order valence-corrected chi connectivity index (χ0v) is 17.9. The number of fused-ring (bicyclic) bond motifs is 1. The maximum atomic E-state index is 13.3. The van der Waals surface area contributed by atoms with Crippen LogP contribution in [-0.2, 0) is 13.0 Å². The molecule has 2 aromatic rings. The van der Waals surface area contributed by atoms with E-state index in [1.54, 1.807) is 0 Å². The van der Waals surface area contributed by atoms with Crippen molar-refractivity contribution in [2.24, 2.45) is 5.41 Å². The van der Waals surface area contributed by atoms with Crippen LogP contribution in [0.1, 0.15) is 68.2 Å². The summed E-state index contributed by atoms with van der Waals surface area (Å²) in [5, 5.41) is 4.62. The summed E-state index contributed by atoms with van der Waals surface area (Å²) in [5.74, 6) is 2.05. The van der Waals surface area contributed by atoms with Crippen molar-refractivity contribution in [2.45, 2.75) is 59.4 Å². The molecule has 1 atom stereocenters. The van der Waals surface area contributed by atoms with Crippen molar-refractivity contribution in [1.82, 2.24) is 14.7 Å². The van der Waals surface area contributed by atoms with Gasteiger partial charge in [-0.3, -0.25) is 9.48 Å². The Bertz CT molecular complexity index is 905. The quantitative estimate of drug-likeness (QED) is 0.757. The van der Waals surface area contributed by atoms with Crippen LogP contribution in [0.2, 0.25) is 0 Å². The molecule has 3 heterocycles. The summed E-state index contributed by atoms with van der Waals surface area (Å²) in [5.41, 5.74) is 2.96. The minimum Gasteiger partial charge on any atom is -0.454 e. The summed E-state index contributed by atoms with van der Waals surface area (Å²) in [7, 11) is 0. The number of aryl methyl sites for hydroxylation is 1. The Hall–Kier alpha value is -2.50. The van der Waals surface area contributed by atoms with Crippen LogP contribution in [0.3, 0.4) is 0 Å². The first-order valence-corrected chi connectivity index (χ1v) is 10.6. The molecule has 0 radical (unpaired) electrons. The molecule has 29 heavy (non-hydrogen) atoms. The van der Waals surface area contributed by atoms with E-state index < -0.39 is 0 Å². The fourth-order valence-electron chi connectivity index (χ4n) is 4.47. The predicted molar refractivity (Wildman–Crippen MR) is 112 cm³/mol. The third-order valence-corrected chi connectivity index (χ3v) is 6.05. The fourth-order valence-corrected chi connectivity index (χ4v) is 4.47. The Morgan fingerprint density at radius 3 is 2.79 bits per heavy atom. The molecule has 1 unspecified atom stereocenters. The smallest absolute Gasteiger partial charge is 0.272 e. The van der Waals surface area contributed by atoms with E-state index in [0.29, 0.717) is 24.9 Å². The number of benzene rings is 1. The van der Waals surface area contributed by atoms with Gasteiger partial charge in [0.05, 0.1) is 5.69 Å². The number of carbonyl (C=O) groups is 1. The molecule has 0 saturated carbocycles. The largest absolute Gasteiger partial charge is 0.454 e. The van der Waals surface area contributed by atoms with Crippen LogP contribution in [0, 0.1) is 5.41 Å². The predicted octanol–water partition coefficient (Wildman–Crippen LogP) is 4.24. The van der Waals surface area contributed by atoms with Crippen molar-refractivity contribution in [3.8, 4) is 11.5 Å². The molecule has 1 fully saturated rings. The summed E-state index contributed by atoms with van der Waals surface area (Å²) >= 11 is 0. The number of rotatable bonds is 5. The zero-order valence-electron chi connectivity index (χ0n) is 17.9. The highest BCUT2D eigenvalue weighted by molar-refractivity contribution is 5.92. The SMILES string of the molecule is CCn1nc(C(C)C)cc1C(=O)N1CCCC(C)(Cc2ccc3c(c2)OCO3)C1. The zero-order chi connectivity index (χ0) is 20.6. The summed E-state index contributed by atoms with van der Waals surface area (Å²) in [6.07, 6.45) is 3.04. The van der Waals surface area contributed by atoms with E-state index in [0.717, 1.165) is 49.5 Å². The molecule has 6 heteroatoms. The van der Waals surface area contributed by atoms with Gasteiger partial charge < -0.3 is 14.4 Å². The van der Waals surface area contributed by atoms with Crippen LogP contribution < -0.4 is 9.47 Å². The van der Waals surface area contributed by atoms with E-state index >= 15 is 0 Å². The molecule has 0 spiro atoms. The summed E-state index contributed by atoms with van der Waals surface area (Å²) < 4.78 is 12.8. The molecule has 4 rings (SSSR count). The number of nitrogens with zero attached hydrogens (tertiary/aromatic N) is 3. The van der Waals surface area contributed by atoms with Gasteiger partial charge >= 0.3 is 0 Å². The van der Waals surface area contributed by atoms with Crippen LogP contribution in [0.5, 0.6) is 11.5 Å². The Kier molecular flexibility index (Phi) is 5.28. The van der Waals surface area contributed by atoms with E-state index in [2.05, 4.69) is 38.0 Å². The fraction of sp³-hybridized carbons (Fsp3) is 0.565. The number of likely N-dealkylation sites (tertiary alicyclic amines) is 1. The second-order valence-corrected chi connectivity index (χ2v) is 8.93. The Balaban J connectivity index is 1.51. The molecule has 6 nitrogen and oxygen atoms in total. The number of hydrogen-bond acceptors (Lipinski definition) is 4. The van der Waals surface area contributed by atoms with E-state index in [1.807, 2.05) is 28.6 Å². The minimum absolute atomic E-state index is 0.0412. The van der Waals surface area contributed by atoms with Gasteiger partial charge in [0, 0.05) is 19.6 Å². The van der Waals surface area contributed by atoms with E-state index in [9.17, 15) is 4.79 Å². The third-order valence-electron chi connectivity index (χ3n) is 6.05. The van der Waals surface area contributed by atoms with Crippen molar-refractivity contribution >= 4 is 5.91 Å². The highest BCUT2D eigenvalue weighted by atomic mass is 16.7. The van der Waals surface area contributed by atoms with Crippen molar-refractivity contribution in [3.05, 3.63) is 41.2 Å². The molecular formula is C23H31N3O3. The maximum absolute atomic E-state index is 13.3. The number of ether oxygens (including phenoxy) is 2. The lowest BCUT2D eigenvalue weighted by Crippen LogP contribution is -2.46. The molecule has 1 saturated heterocycles. The van der Waals surface area contributed by atoms with Gasteiger partial charge in [0.25, 0.3) is 5.91 Å². The average molecular weight is 398 g/mol. The van der Waals surface area contributed by atoms with Gasteiger partial charge in [0.2, 0.25) is 6.79 Å². The van der Waals surface area contributed by atoms with Gasteiger partial charge in [-0.1, -0.05) is 26.8 Å². The standard InChI is InChI=1S/C23H31N3O3/c1-5-26-19(12-18(24-26)16(2)3)22(27)25-10-6-9-23(4,14-25)13-17-7-8-20-21(11-17)29-15-28-20/h7-8,11-12,16H,5-6,9-10,13-15H2,1-4H3. The molecule has 1 amide bonds. The van der Waals surface area contributed by atoms with Gasteiger partial charge in [0.1, 0.15) is 5.69 Å². The van der Waals surface area contributed by atoms with Crippen LogP contribution in [-0.4, -0.2) is 40.5 Å². The Morgan fingerprint density at radius 2 is 2.03 bits per heavy atom. The average Bonchev–Trinajstić information content (AvgIpc) is 3.33. The second-order valence-electron chi connectivity index (χ2n) is 8.93. The van der Waals surface area contributed by atoms with Gasteiger partial charge in [-0.15, -0.1) is 0 Å². The van der Waals surface area contributed by atoms with Crippen LogP contribution in [0.25, 0.3) is 0 Å². The van der Waals surface area contributed by atoms with E-state index in [4.69, 9.17) is 9.47 Å². The molecular weight excluding hydrogens is 366 g/mol. The van der Waals surface area contributed by atoms with Crippen molar-refractivity contribution in [2.75, 3.05) is 19.9 Å². The lowest BCUT2D eigenvalue weighted by Gasteiger charge is -2.40. The minimum atomic E-state index is 0.0412. The van der Waals surface area contributed by atoms with Gasteiger partial charge in [0.15, 0.2) is 11.5 Å². The van der Waals surface area contributed by atoms with Crippen LogP contribution >= 0.6 is 0 Å². The molecule has 2 aliphatic heterocycles. The van der Waals surface area contributed by atoms with Gasteiger partial charge in [-0.2, -0.15) is 5.10 Å². The molecule has 1 aromatic carbocycles. The van der Waals surface area contributed by atoms with Crippen molar-refractivity contribution < 1.29 is 14.3 Å². The summed E-state index contributed by atoms with van der Waals surface area (Å²) in [6, 6.07) is 8.15. The summed E-state index contributed by atoms with van der Waals surface area (Å²) in [4.78, 5) is 15.4. The first kappa shape index (κ1) is 19.8. The summed E-state index contributed by atoms with van der Waals surface area (Å²) in [6.45, 7) is 11.1. The molecule has 156 valence electrons. The maximum Gasteiger partial charge on any atom is 0.272 e. The number of aromatic nitrogens is 2. The molecule has 0 N–H and O–H groups in total. The van der Waals surface area contributed by atoms with Gasteiger partial charge in [-0.05, 0) is 61.3 Å². The van der Waals surface area contributed by atoms with E-state index in [1.165, 1.54) is 5.56 Å². The molecule has 1 aromatic heterocycles. The third kappa shape index (κ3) is 3.98. The van der Waals surface area contributed by atoms with Crippen molar-refractivity contribution in [1.29, 1.82) is 0 Å². The lowest BCUT2D eigenvalue weighted by molar-refractivity contribution is 0.0539. The molecule has 2 aliphatic rings. The molecule has 0 bridgehead atoms.